The zero-order chi connectivity index (χ0) is 21.8. The molecule has 3 nitrogen and oxygen atoms in total. The lowest BCUT2D eigenvalue weighted by Crippen LogP contribution is -2.59. The molecular weight excluding hydrogens is 372 g/mol. The Kier molecular flexibility index (Phi) is 5.90. The van der Waals surface area contributed by atoms with Crippen molar-refractivity contribution in [2.24, 2.45) is 58.2 Å². The van der Waals surface area contributed by atoms with Crippen LogP contribution in [-0.4, -0.2) is 18.9 Å². The van der Waals surface area contributed by atoms with Crippen molar-refractivity contribution in [2.75, 3.05) is 7.11 Å². The molecule has 0 unspecified atom stereocenters. The van der Waals surface area contributed by atoms with Gasteiger partial charge in [0.2, 0.25) is 0 Å². The number of hydrogen-bond donors (Lipinski definition) is 0. The van der Waals surface area contributed by atoms with E-state index in [2.05, 4.69) is 34.6 Å². The van der Waals surface area contributed by atoms with Crippen LogP contribution in [0.25, 0.3) is 0 Å². The number of fused-ring (bicyclic) bond motifs is 5. The predicted molar refractivity (Wildman–Crippen MR) is 120 cm³/mol. The van der Waals surface area contributed by atoms with E-state index < -0.39 is 0 Å². The van der Waals surface area contributed by atoms with Gasteiger partial charge in [0.05, 0.1) is 7.11 Å². The molecule has 0 spiro atoms. The van der Waals surface area contributed by atoms with E-state index in [1.165, 1.54) is 39.2 Å². The van der Waals surface area contributed by atoms with Gasteiger partial charge in [0.15, 0.2) is 0 Å². The molecular formula is C27H44O3. The third-order valence-corrected chi connectivity index (χ3v) is 10.9. The monoisotopic (exact) mass is 416 g/mol. The van der Waals surface area contributed by atoms with E-state index >= 15 is 0 Å². The van der Waals surface area contributed by atoms with Crippen LogP contribution in [0.1, 0.15) is 92.4 Å². The highest BCUT2D eigenvalue weighted by atomic mass is 16.5. The van der Waals surface area contributed by atoms with Gasteiger partial charge < -0.3 is 4.74 Å². The number of methoxy groups -OCH3 is 1. The van der Waals surface area contributed by atoms with Gasteiger partial charge in [-0.15, -0.1) is 0 Å². The summed E-state index contributed by atoms with van der Waals surface area (Å²) in [6, 6.07) is 0. The molecule has 0 aromatic carbocycles. The lowest BCUT2D eigenvalue weighted by Gasteiger charge is -2.62. The Morgan fingerprint density at radius 2 is 1.87 bits per heavy atom. The van der Waals surface area contributed by atoms with Crippen molar-refractivity contribution in [3.05, 3.63) is 0 Å². The summed E-state index contributed by atoms with van der Waals surface area (Å²) in [5, 5.41) is 0. The van der Waals surface area contributed by atoms with Gasteiger partial charge in [0.1, 0.15) is 5.78 Å². The summed E-state index contributed by atoms with van der Waals surface area (Å²) in [7, 11) is 1.47. The SMILES string of the molecule is COC(=O)CC[C@@H](C)[C@H]1CC[C@H]2[C@@H]3[C@H](C)C[C@@H]4C[C@H](C)CC[C@]4(C)[C@H]3CC(=O)[C@]12C. The Bertz CT molecular complexity index is 686. The Labute approximate surface area is 184 Å². The lowest BCUT2D eigenvalue weighted by molar-refractivity contribution is -0.166. The van der Waals surface area contributed by atoms with E-state index in [4.69, 9.17) is 4.74 Å². The van der Waals surface area contributed by atoms with Crippen molar-refractivity contribution in [2.45, 2.75) is 92.4 Å². The number of carbonyl (C=O) groups is 2. The van der Waals surface area contributed by atoms with Gasteiger partial charge in [0, 0.05) is 18.3 Å². The van der Waals surface area contributed by atoms with Gasteiger partial charge in [-0.25, -0.2) is 0 Å². The van der Waals surface area contributed by atoms with Gasteiger partial charge in [-0.1, -0.05) is 41.0 Å². The Morgan fingerprint density at radius 3 is 2.57 bits per heavy atom. The van der Waals surface area contributed by atoms with Crippen LogP contribution in [0, 0.1) is 58.2 Å². The van der Waals surface area contributed by atoms with E-state index in [1.807, 2.05) is 0 Å². The van der Waals surface area contributed by atoms with Crippen molar-refractivity contribution >= 4 is 11.8 Å². The molecule has 0 aliphatic heterocycles. The second-order valence-electron chi connectivity index (χ2n) is 12.3. The van der Waals surface area contributed by atoms with Crippen molar-refractivity contribution < 1.29 is 14.3 Å². The van der Waals surface area contributed by atoms with Crippen molar-refractivity contribution in [1.82, 2.24) is 0 Å². The van der Waals surface area contributed by atoms with E-state index in [1.54, 1.807) is 0 Å². The van der Waals surface area contributed by atoms with Crippen LogP contribution in [0.4, 0.5) is 0 Å². The number of rotatable bonds is 4. The fraction of sp³-hybridized carbons (Fsp3) is 0.926. The molecule has 0 heterocycles. The first-order valence-electron chi connectivity index (χ1n) is 12.7. The Balaban J connectivity index is 1.59. The molecule has 10 atom stereocenters. The number of Topliss-reactive ketones (excluding diaryl/α,β-unsaturated/α-hetero) is 1. The molecule has 0 radical (unpaired) electrons. The number of hydrogen-bond acceptors (Lipinski definition) is 3. The highest BCUT2D eigenvalue weighted by Crippen LogP contribution is 2.68. The molecule has 0 bridgehead atoms. The number of ether oxygens (including phenoxy) is 1. The summed E-state index contributed by atoms with van der Waals surface area (Å²) in [6.07, 6.45) is 9.89. The summed E-state index contributed by atoms with van der Waals surface area (Å²) in [5.41, 5.74) is 0.186. The molecule has 0 amide bonds. The Morgan fingerprint density at radius 1 is 1.13 bits per heavy atom. The van der Waals surface area contributed by atoms with Gasteiger partial charge >= 0.3 is 5.97 Å². The van der Waals surface area contributed by atoms with Gasteiger partial charge in [-0.2, -0.15) is 0 Å². The zero-order valence-electron chi connectivity index (χ0n) is 20.2. The summed E-state index contributed by atoms with van der Waals surface area (Å²) >= 11 is 0. The average molecular weight is 417 g/mol. The van der Waals surface area contributed by atoms with Gasteiger partial charge in [-0.05, 0) is 91.3 Å². The van der Waals surface area contributed by atoms with E-state index in [-0.39, 0.29) is 11.4 Å². The third-order valence-electron chi connectivity index (χ3n) is 10.9. The number of ketones is 1. The topological polar surface area (TPSA) is 43.4 Å². The molecule has 4 aliphatic rings. The fourth-order valence-electron chi connectivity index (χ4n) is 9.16. The van der Waals surface area contributed by atoms with E-state index in [0.717, 1.165) is 37.0 Å². The first-order valence-corrected chi connectivity index (χ1v) is 12.7. The lowest BCUT2D eigenvalue weighted by atomic mass is 9.42. The fourth-order valence-corrected chi connectivity index (χ4v) is 9.16. The summed E-state index contributed by atoms with van der Waals surface area (Å²) < 4.78 is 4.86. The molecule has 0 saturated heterocycles. The maximum atomic E-state index is 13.9. The first kappa shape index (κ1) is 22.3. The molecule has 0 N–H and O–H groups in total. The molecule has 0 aromatic rings. The molecule has 4 saturated carbocycles. The summed E-state index contributed by atoms with van der Waals surface area (Å²) in [6.45, 7) is 12.1. The third kappa shape index (κ3) is 3.28. The molecule has 0 aromatic heterocycles. The number of esters is 1. The quantitative estimate of drug-likeness (QED) is 0.505. The highest BCUT2D eigenvalue weighted by molar-refractivity contribution is 5.87. The maximum Gasteiger partial charge on any atom is 0.305 e. The van der Waals surface area contributed by atoms with Crippen LogP contribution in [-0.2, 0) is 14.3 Å². The van der Waals surface area contributed by atoms with Crippen molar-refractivity contribution in [3.8, 4) is 0 Å². The van der Waals surface area contributed by atoms with Crippen molar-refractivity contribution in [1.29, 1.82) is 0 Å². The minimum Gasteiger partial charge on any atom is -0.469 e. The summed E-state index contributed by atoms with van der Waals surface area (Å²) in [5.74, 6) is 5.49. The van der Waals surface area contributed by atoms with E-state index in [0.29, 0.717) is 47.2 Å². The van der Waals surface area contributed by atoms with Crippen LogP contribution in [0.15, 0.2) is 0 Å². The minimum atomic E-state index is -0.184. The normalized spacial score (nSPS) is 49.0. The molecule has 3 heteroatoms. The summed E-state index contributed by atoms with van der Waals surface area (Å²) in [4.78, 5) is 25.5. The van der Waals surface area contributed by atoms with Crippen LogP contribution >= 0.6 is 0 Å². The maximum absolute atomic E-state index is 13.9. The Hall–Kier alpha value is -0.860. The molecule has 4 aliphatic carbocycles. The van der Waals surface area contributed by atoms with E-state index in [9.17, 15) is 9.59 Å². The van der Waals surface area contributed by atoms with Gasteiger partial charge in [0.25, 0.3) is 0 Å². The van der Waals surface area contributed by atoms with Crippen molar-refractivity contribution in [3.63, 3.8) is 0 Å². The van der Waals surface area contributed by atoms with Crippen LogP contribution in [0.5, 0.6) is 0 Å². The number of carbonyl (C=O) groups excluding carboxylic acids is 2. The molecule has 4 fully saturated rings. The standard InChI is InChI=1S/C27H44O3/c1-16-11-12-26(4)19(13-16)14-18(3)25-21-9-8-20(17(2)7-10-24(29)30-6)27(21,5)23(28)15-22(25)26/h16-22,25H,7-15H2,1-6H3/t16-,17-,18-,19+,20-,21+,22+,25+,26+,27-/m1/s1. The second kappa shape index (κ2) is 7.93. The van der Waals surface area contributed by atoms with Crippen LogP contribution in [0.3, 0.4) is 0 Å². The van der Waals surface area contributed by atoms with Gasteiger partial charge in [-0.3, -0.25) is 9.59 Å². The molecule has 170 valence electrons. The zero-order valence-corrected chi connectivity index (χ0v) is 20.2. The minimum absolute atomic E-state index is 0.122. The second-order valence-corrected chi connectivity index (χ2v) is 12.3. The first-order chi connectivity index (χ1) is 14.1. The average Bonchev–Trinajstić information content (AvgIpc) is 3.06. The molecule has 4 rings (SSSR count). The van der Waals surface area contributed by atoms with Crippen LogP contribution < -0.4 is 0 Å². The largest absolute Gasteiger partial charge is 0.469 e. The highest BCUT2D eigenvalue weighted by Gasteiger charge is 2.65. The predicted octanol–water partition coefficient (Wildman–Crippen LogP) is 6.30. The molecule has 30 heavy (non-hydrogen) atoms. The smallest absolute Gasteiger partial charge is 0.305 e. The van der Waals surface area contributed by atoms with Crippen LogP contribution in [0.2, 0.25) is 0 Å².